The molecule has 0 radical (unpaired) electrons. The fraction of sp³-hybridized carbons (Fsp3) is 0.818. The van der Waals surface area contributed by atoms with Crippen LogP contribution in [0.3, 0.4) is 0 Å². The summed E-state index contributed by atoms with van der Waals surface area (Å²) in [6.45, 7) is 9.94. The molecule has 1 heterocycles. The van der Waals surface area contributed by atoms with E-state index in [-0.39, 0.29) is 35.9 Å². The molecule has 1 N–H and O–H groups in total. The number of piperazine rings is 1. The summed E-state index contributed by atoms with van der Waals surface area (Å²) in [6.07, 6.45) is 0. The van der Waals surface area contributed by atoms with Crippen molar-refractivity contribution >= 4 is 11.8 Å². The van der Waals surface area contributed by atoms with Crippen LogP contribution in [0.1, 0.15) is 34.6 Å². The zero-order valence-corrected chi connectivity index (χ0v) is 10.1. The minimum atomic E-state index is -0.362. The van der Waals surface area contributed by atoms with E-state index in [1.807, 2.05) is 34.6 Å². The average molecular weight is 212 g/mol. The molecule has 1 atom stereocenters. The first-order valence-electron chi connectivity index (χ1n) is 5.34. The van der Waals surface area contributed by atoms with Gasteiger partial charge in [-0.25, -0.2) is 0 Å². The molecule has 86 valence electrons. The molecule has 0 spiro atoms. The molecule has 1 unspecified atom stereocenters. The van der Waals surface area contributed by atoms with Gasteiger partial charge < -0.3 is 10.2 Å². The van der Waals surface area contributed by atoms with Crippen molar-refractivity contribution in [2.75, 3.05) is 6.54 Å². The summed E-state index contributed by atoms with van der Waals surface area (Å²) < 4.78 is 0. The van der Waals surface area contributed by atoms with Crippen LogP contribution in [0.4, 0.5) is 0 Å². The molecule has 4 heteroatoms. The standard InChI is InChI=1S/C11H20N2O2/c1-7(2)13-8(14)6-12-10(15)9(13)11(3,4)5/h7,9H,6H2,1-5H3,(H,12,15). The molecule has 1 aliphatic heterocycles. The van der Waals surface area contributed by atoms with Gasteiger partial charge in [0.1, 0.15) is 6.04 Å². The molecule has 1 rings (SSSR count). The average Bonchev–Trinajstić information content (AvgIpc) is 2.05. The van der Waals surface area contributed by atoms with E-state index in [1.165, 1.54) is 0 Å². The summed E-state index contributed by atoms with van der Waals surface area (Å²) >= 11 is 0. The predicted molar refractivity (Wildman–Crippen MR) is 58.2 cm³/mol. The van der Waals surface area contributed by atoms with Crippen LogP contribution in [0.5, 0.6) is 0 Å². The number of carbonyl (C=O) groups is 2. The van der Waals surface area contributed by atoms with E-state index in [2.05, 4.69) is 5.32 Å². The lowest BCUT2D eigenvalue weighted by Crippen LogP contribution is -2.64. The molecule has 0 aliphatic carbocycles. The van der Waals surface area contributed by atoms with E-state index >= 15 is 0 Å². The normalized spacial score (nSPS) is 23.3. The monoisotopic (exact) mass is 212 g/mol. The number of hydrogen-bond donors (Lipinski definition) is 1. The van der Waals surface area contributed by atoms with Crippen LogP contribution < -0.4 is 5.32 Å². The second-order valence-electron chi connectivity index (χ2n) is 5.38. The van der Waals surface area contributed by atoms with Gasteiger partial charge in [-0.1, -0.05) is 20.8 Å². The van der Waals surface area contributed by atoms with E-state index in [1.54, 1.807) is 4.90 Å². The topological polar surface area (TPSA) is 49.4 Å². The predicted octanol–water partition coefficient (Wildman–Crippen LogP) is 0.768. The molecule has 4 nitrogen and oxygen atoms in total. The first kappa shape index (κ1) is 12.0. The number of hydrogen-bond acceptors (Lipinski definition) is 2. The van der Waals surface area contributed by atoms with Crippen LogP contribution in [-0.4, -0.2) is 35.3 Å². The summed E-state index contributed by atoms with van der Waals surface area (Å²) in [5.41, 5.74) is -0.232. The van der Waals surface area contributed by atoms with Gasteiger partial charge in [0, 0.05) is 6.04 Å². The van der Waals surface area contributed by atoms with Gasteiger partial charge in [0.25, 0.3) is 0 Å². The van der Waals surface area contributed by atoms with Crippen LogP contribution in [0.15, 0.2) is 0 Å². The number of nitrogens with one attached hydrogen (secondary N) is 1. The lowest BCUT2D eigenvalue weighted by atomic mass is 9.83. The van der Waals surface area contributed by atoms with Crippen molar-refractivity contribution in [1.82, 2.24) is 10.2 Å². The van der Waals surface area contributed by atoms with E-state index in [0.29, 0.717) is 0 Å². The van der Waals surface area contributed by atoms with Crippen molar-refractivity contribution < 1.29 is 9.59 Å². The summed E-state index contributed by atoms with van der Waals surface area (Å²) in [5.74, 6) is -0.0414. The van der Waals surface area contributed by atoms with Crippen molar-refractivity contribution in [3.63, 3.8) is 0 Å². The Morgan fingerprint density at radius 2 is 1.87 bits per heavy atom. The highest BCUT2D eigenvalue weighted by atomic mass is 16.2. The molecule has 0 saturated carbocycles. The first-order valence-corrected chi connectivity index (χ1v) is 5.34. The van der Waals surface area contributed by atoms with Gasteiger partial charge >= 0.3 is 0 Å². The van der Waals surface area contributed by atoms with Crippen molar-refractivity contribution in [2.24, 2.45) is 5.41 Å². The van der Waals surface area contributed by atoms with E-state index < -0.39 is 0 Å². The molecule has 1 aliphatic rings. The highest BCUT2D eigenvalue weighted by Gasteiger charge is 2.42. The third-order valence-corrected chi connectivity index (χ3v) is 2.61. The van der Waals surface area contributed by atoms with Crippen LogP contribution in [-0.2, 0) is 9.59 Å². The number of rotatable bonds is 1. The van der Waals surface area contributed by atoms with Gasteiger partial charge in [-0.05, 0) is 19.3 Å². The van der Waals surface area contributed by atoms with Gasteiger partial charge in [-0.2, -0.15) is 0 Å². The zero-order valence-electron chi connectivity index (χ0n) is 10.1. The fourth-order valence-corrected chi connectivity index (χ4v) is 2.02. The summed E-state index contributed by atoms with van der Waals surface area (Å²) in [5, 5.41) is 2.64. The quantitative estimate of drug-likeness (QED) is 0.698. The molecule has 0 aromatic rings. The summed E-state index contributed by atoms with van der Waals surface area (Å²) in [4.78, 5) is 25.2. The van der Waals surface area contributed by atoms with Crippen molar-refractivity contribution in [1.29, 1.82) is 0 Å². The van der Waals surface area contributed by atoms with E-state index in [4.69, 9.17) is 0 Å². The van der Waals surface area contributed by atoms with Crippen LogP contribution in [0.25, 0.3) is 0 Å². The first-order chi connectivity index (χ1) is 6.75. The van der Waals surface area contributed by atoms with Crippen molar-refractivity contribution in [3.8, 4) is 0 Å². The van der Waals surface area contributed by atoms with Gasteiger partial charge in [-0.15, -0.1) is 0 Å². The largest absolute Gasteiger partial charge is 0.345 e. The summed E-state index contributed by atoms with van der Waals surface area (Å²) in [7, 11) is 0. The molecular weight excluding hydrogens is 192 g/mol. The Bertz CT molecular complexity index is 279. The minimum Gasteiger partial charge on any atom is -0.345 e. The lowest BCUT2D eigenvalue weighted by Gasteiger charge is -2.44. The molecule has 1 saturated heterocycles. The molecular formula is C11H20N2O2. The smallest absolute Gasteiger partial charge is 0.243 e. The third-order valence-electron chi connectivity index (χ3n) is 2.61. The van der Waals surface area contributed by atoms with Crippen molar-refractivity contribution in [2.45, 2.75) is 46.7 Å². The minimum absolute atomic E-state index is 0.00419. The zero-order chi connectivity index (χ0) is 11.8. The Hall–Kier alpha value is -1.06. The highest BCUT2D eigenvalue weighted by molar-refractivity contribution is 5.95. The number of carbonyl (C=O) groups excluding carboxylic acids is 2. The van der Waals surface area contributed by atoms with Crippen LogP contribution in [0, 0.1) is 5.41 Å². The Kier molecular flexibility index (Phi) is 3.07. The maximum Gasteiger partial charge on any atom is 0.243 e. The van der Waals surface area contributed by atoms with Gasteiger partial charge in [-0.3, -0.25) is 9.59 Å². The Morgan fingerprint density at radius 1 is 1.33 bits per heavy atom. The van der Waals surface area contributed by atoms with Gasteiger partial charge in [0.15, 0.2) is 0 Å². The summed E-state index contributed by atoms with van der Waals surface area (Å²) in [6, 6.07) is -0.300. The number of amides is 2. The van der Waals surface area contributed by atoms with E-state index in [0.717, 1.165) is 0 Å². The van der Waals surface area contributed by atoms with Crippen molar-refractivity contribution in [3.05, 3.63) is 0 Å². The Labute approximate surface area is 91.0 Å². The van der Waals surface area contributed by atoms with Gasteiger partial charge in [0.2, 0.25) is 11.8 Å². The maximum atomic E-state index is 11.8. The molecule has 0 aromatic heterocycles. The third kappa shape index (κ3) is 2.30. The lowest BCUT2D eigenvalue weighted by molar-refractivity contribution is -0.152. The molecule has 15 heavy (non-hydrogen) atoms. The Balaban J connectivity index is 3.04. The molecule has 1 fully saturated rings. The Morgan fingerprint density at radius 3 is 2.20 bits per heavy atom. The fourth-order valence-electron chi connectivity index (χ4n) is 2.02. The molecule has 2 amide bonds. The highest BCUT2D eigenvalue weighted by Crippen LogP contribution is 2.27. The van der Waals surface area contributed by atoms with E-state index in [9.17, 15) is 9.59 Å². The molecule has 0 aromatic carbocycles. The van der Waals surface area contributed by atoms with Gasteiger partial charge in [0.05, 0.1) is 6.54 Å². The molecule has 0 bridgehead atoms. The van der Waals surface area contributed by atoms with Crippen LogP contribution in [0.2, 0.25) is 0 Å². The second kappa shape index (κ2) is 3.83. The SMILES string of the molecule is CC(C)N1C(=O)CNC(=O)C1C(C)(C)C. The number of nitrogens with zero attached hydrogens (tertiary/aromatic N) is 1. The van der Waals surface area contributed by atoms with Crippen LogP contribution >= 0.6 is 0 Å². The maximum absolute atomic E-state index is 11.8. The second-order valence-corrected chi connectivity index (χ2v) is 5.38.